The van der Waals surface area contributed by atoms with Crippen LogP contribution in [-0.2, 0) is 0 Å². The van der Waals surface area contributed by atoms with Gasteiger partial charge in [-0.2, -0.15) is 5.10 Å². The van der Waals surface area contributed by atoms with Gasteiger partial charge in [-0.1, -0.05) is 32.0 Å². The molecule has 2 heteroatoms. The van der Waals surface area contributed by atoms with Gasteiger partial charge in [-0.05, 0) is 36.0 Å². The van der Waals surface area contributed by atoms with Gasteiger partial charge in [0, 0.05) is 11.8 Å². The Hall–Kier alpha value is -1.57. The first kappa shape index (κ1) is 10.9. The quantitative estimate of drug-likeness (QED) is 0.824. The second-order valence-electron chi connectivity index (χ2n) is 4.32. The Labute approximate surface area is 96.7 Å². The molecule has 0 aliphatic heterocycles. The van der Waals surface area contributed by atoms with Gasteiger partial charge in [0.05, 0.1) is 6.20 Å². The van der Waals surface area contributed by atoms with Crippen molar-refractivity contribution in [3.05, 3.63) is 41.7 Å². The minimum Gasteiger partial charge on any atom is -0.285 e. The SMILES string of the molecule is CCC(C)c1cccc(-c2cn[nH]c2)c1C. The molecule has 0 fully saturated rings. The van der Waals surface area contributed by atoms with Crippen LogP contribution in [0.5, 0.6) is 0 Å². The topological polar surface area (TPSA) is 28.7 Å². The number of aromatic amines is 1. The van der Waals surface area contributed by atoms with E-state index in [-0.39, 0.29) is 0 Å². The third kappa shape index (κ3) is 1.87. The molecule has 0 saturated carbocycles. The fourth-order valence-corrected chi connectivity index (χ4v) is 2.12. The van der Waals surface area contributed by atoms with Crippen molar-refractivity contribution in [1.29, 1.82) is 0 Å². The number of H-pyrrole nitrogens is 1. The second-order valence-corrected chi connectivity index (χ2v) is 4.32. The maximum Gasteiger partial charge on any atom is 0.0565 e. The lowest BCUT2D eigenvalue weighted by Gasteiger charge is -2.15. The van der Waals surface area contributed by atoms with E-state index in [0.717, 1.165) is 0 Å². The van der Waals surface area contributed by atoms with E-state index < -0.39 is 0 Å². The van der Waals surface area contributed by atoms with Gasteiger partial charge in [-0.15, -0.1) is 0 Å². The Morgan fingerprint density at radius 1 is 1.38 bits per heavy atom. The molecule has 1 aromatic heterocycles. The standard InChI is InChI=1S/C14H18N2/c1-4-10(2)13-6-5-7-14(11(13)3)12-8-15-16-9-12/h5-10H,4H2,1-3H3,(H,15,16). The number of nitrogens with one attached hydrogen (secondary N) is 1. The first-order chi connectivity index (χ1) is 7.74. The van der Waals surface area contributed by atoms with Crippen molar-refractivity contribution in [3.63, 3.8) is 0 Å². The van der Waals surface area contributed by atoms with Crippen molar-refractivity contribution in [3.8, 4) is 11.1 Å². The fraction of sp³-hybridized carbons (Fsp3) is 0.357. The summed E-state index contributed by atoms with van der Waals surface area (Å²) in [6, 6.07) is 6.52. The van der Waals surface area contributed by atoms with Crippen molar-refractivity contribution in [2.45, 2.75) is 33.1 Å². The predicted molar refractivity (Wildman–Crippen MR) is 67.5 cm³/mol. The number of hydrogen-bond donors (Lipinski definition) is 1. The second kappa shape index (κ2) is 4.52. The molecule has 0 bridgehead atoms. The third-order valence-corrected chi connectivity index (χ3v) is 3.33. The zero-order valence-electron chi connectivity index (χ0n) is 10.1. The lowest BCUT2D eigenvalue weighted by Crippen LogP contribution is -1.96. The molecule has 1 heterocycles. The summed E-state index contributed by atoms with van der Waals surface area (Å²) in [5, 5.41) is 6.88. The number of rotatable bonds is 3. The molecular formula is C14H18N2. The zero-order valence-corrected chi connectivity index (χ0v) is 10.1. The van der Waals surface area contributed by atoms with Gasteiger partial charge < -0.3 is 0 Å². The van der Waals surface area contributed by atoms with E-state index in [0.29, 0.717) is 5.92 Å². The van der Waals surface area contributed by atoms with Crippen molar-refractivity contribution in [1.82, 2.24) is 10.2 Å². The molecule has 1 unspecified atom stereocenters. The highest BCUT2D eigenvalue weighted by molar-refractivity contribution is 5.67. The van der Waals surface area contributed by atoms with Gasteiger partial charge in [0.1, 0.15) is 0 Å². The number of hydrogen-bond acceptors (Lipinski definition) is 1. The molecule has 2 rings (SSSR count). The van der Waals surface area contributed by atoms with Gasteiger partial charge in [0.25, 0.3) is 0 Å². The van der Waals surface area contributed by atoms with Crippen LogP contribution >= 0.6 is 0 Å². The average Bonchev–Trinajstić information content (AvgIpc) is 2.82. The van der Waals surface area contributed by atoms with Gasteiger partial charge >= 0.3 is 0 Å². The van der Waals surface area contributed by atoms with Crippen LogP contribution in [0.1, 0.15) is 37.3 Å². The molecule has 1 aromatic carbocycles. The molecule has 0 aliphatic rings. The summed E-state index contributed by atoms with van der Waals surface area (Å²) < 4.78 is 0. The van der Waals surface area contributed by atoms with Crippen molar-refractivity contribution < 1.29 is 0 Å². The predicted octanol–water partition coefficient (Wildman–Crippen LogP) is 3.90. The number of nitrogens with zero attached hydrogens (tertiary/aromatic N) is 1. The average molecular weight is 214 g/mol. The van der Waals surface area contributed by atoms with Crippen LogP contribution in [0.15, 0.2) is 30.6 Å². The lowest BCUT2D eigenvalue weighted by atomic mass is 9.90. The van der Waals surface area contributed by atoms with E-state index >= 15 is 0 Å². The molecule has 2 nitrogen and oxygen atoms in total. The van der Waals surface area contributed by atoms with Crippen LogP contribution < -0.4 is 0 Å². The summed E-state index contributed by atoms with van der Waals surface area (Å²) in [4.78, 5) is 0. The number of benzene rings is 1. The highest BCUT2D eigenvalue weighted by atomic mass is 15.1. The zero-order chi connectivity index (χ0) is 11.5. The van der Waals surface area contributed by atoms with Crippen molar-refractivity contribution in [2.75, 3.05) is 0 Å². The fourth-order valence-electron chi connectivity index (χ4n) is 2.12. The normalized spacial score (nSPS) is 12.7. The molecule has 16 heavy (non-hydrogen) atoms. The van der Waals surface area contributed by atoms with E-state index in [1.54, 1.807) is 0 Å². The largest absolute Gasteiger partial charge is 0.285 e. The molecule has 1 N–H and O–H groups in total. The Morgan fingerprint density at radius 3 is 2.81 bits per heavy atom. The molecule has 0 radical (unpaired) electrons. The summed E-state index contributed by atoms with van der Waals surface area (Å²) >= 11 is 0. The minimum absolute atomic E-state index is 0.617. The monoisotopic (exact) mass is 214 g/mol. The van der Waals surface area contributed by atoms with E-state index in [1.807, 2.05) is 12.4 Å². The van der Waals surface area contributed by atoms with Crippen LogP contribution in [-0.4, -0.2) is 10.2 Å². The van der Waals surface area contributed by atoms with Gasteiger partial charge in [-0.25, -0.2) is 0 Å². The lowest BCUT2D eigenvalue weighted by molar-refractivity contribution is 0.728. The summed E-state index contributed by atoms with van der Waals surface area (Å²) in [6.45, 7) is 6.71. The molecule has 0 spiro atoms. The van der Waals surface area contributed by atoms with Crippen LogP contribution in [0, 0.1) is 6.92 Å². The van der Waals surface area contributed by atoms with Crippen LogP contribution in [0.2, 0.25) is 0 Å². The van der Waals surface area contributed by atoms with Crippen LogP contribution in [0.3, 0.4) is 0 Å². The molecule has 84 valence electrons. The molecule has 0 aliphatic carbocycles. The molecule has 1 atom stereocenters. The first-order valence-electron chi connectivity index (χ1n) is 5.82. The summed E-state index contributed by atoms with van der Waals surface area (Å²) in [5.74, 6) is 0.617. The highest BCUT2D eigenvalue weighted by Gasteiger charge is 2.10. The highest BCUT2D eigenvalue weighted by Crippen LogP contribution is 2.30. The summed E-state index contributed by atoms with van der Waals surface area (Å²) in [5.41, 5.74) is 5.27. The van der Waals surface area contributed by atoms with Crippen LogP contribution in [0.4, 0.5) is 0 Å². The Balaban J connectivity index is 2.49. The smallest absolute Gasteiger partial charge is 0.0565 e. The van der Waals surface area contributed by atoms with Crippen molar-refractivity contribution >= 4 is 0 Å². The molecule has 0 amide bonds. The molecular weight excluding hydrogens is 196 g/mol. The van der Waals surface area contributed by atoms with Gasteiger partial charge in [-0.3, -0.25) is 5.10 Å². The Morgan fingerprint density at radius 2 is 2.19 bits per heavy atom. The van der Waals surface area contributed by atoms with Crippen LogP contribution in [0.25, 0.3) is 11.1 Å². The maximum absolute atomic E-state index is 4.01. The van der Waals surface area contributed by atoms with Gasteiger partial charge in [0.2, 0.25) is 0 Å². The Kier molecular flexibility index (Phi) is 3.09. The summed E-state index contributed by atoms with van der Waals surface area (Å²) in [6.07, 6.45) is 5.00. The maximum atomic E-state index is 4.01. The van der Waals surface area contributed by atoms with E-state index in [9.17, 15) is 0 Å². The molecule has 2 aromatic rings. The van der Waals surface area contributed by atoms with Gasteiger partial charge in [0.15, 0.2) is 0 Å². The van der Waals surface area contributed by atoms with E-state index in [2.05, 4.69) is 49.2 Å². The van der Waals surface area contributed by atoms with E-state index in [4.69, 9.17) is 0 Å². The van der Waals surface area contributed by atoms with E-state index in [1.165, 1.54) is 28.7 Å². The number of aromatic nitrogens is 2. The van der Waals surface area contributed by atoms with Crippen molar-refractivity contribution in [2.24, 2.45) is 0 Å². The first-order valence-corrected chi connectivity index (χ1v) is 5.82. The Bertz CT molecular complexity index is 458. The summed E-state index contributed by atoms with van der Waals surface area (Å²) in [7, 11) is 0. The minimum atomic E-state index is 0.617. The molecule has 0 saturated heterocycles. The third-order valence-electron chi connectivity index (χ3n) is 3.33.